The second kappa shape index (κ2) is 7.39. The summed E-state index contributed by atoms with van der Waals surface area (Å²) in [5, 5.41) is 3.65. The molecule has 0 aliphatic carbocycles. The zero-order valence-corrected chi connectivity index (χ0v) is 14.4. The topological polar surface area (TPSA) is 12.0 Å². The Morgan fingerprint density at radius 1 is 1.24 bits per heavy atom. The second-order valence-corrected chi connectivity index (χ2v) is 6.35. The molecule has 0 amide bonds. The lowest BCUT2D eigenvalue weighted by molar-refractivity contribution is 0.546. The van der Waals surface area contributed by atoms with Crippen molar-refractivity contribution in [1.29, 1.82) is 0 Å². The van der Waals surface area contributed by atoms with E-state index in [4.69, 9.17) is 11.6 Å². The van der Waals surface area contributed by atoms with Gasteiger partial charge in [0.1, 0.15) is 5.82 Å². The number of likely N-dealkylation sites (N-methyl/N-ethyl adjacent to an activating group) is 1. The summed E-state index contributed by atoms with van der Waals surface area (Å²) in [5.74, 6) is -0.378. The highest BCUT2D eigenvalue weighted by molar-refractivity contribution is 9.10. The summed E-state index contributed by atoms with van der Waals surface area (Å²) in [5.41, 5.74) is 3.44. The molecule has 0 spiro atoms. The lowest BCUT2D eigenvalue weighted by atomic mass is 9.97. The van der Waals surface area contributed by atoms with Crippen molar-refractivity contribution < 1.29 is 4.39 Å². The van der Waals surface area contributed by atoms with Crippen LogP contribution in [0.4, 0.5) is 4.39 Å². The summed E-state index contributed by atoms with van der Waals surface area (Å²) in [4.78, 5) is 0. The van der Waals surface area contributed by atoms with Crippen LogP contribution in [0.15, 0.2) is 40.9 Å². The molecule has 0 saturated carbocycles. The largest absolute Gasteiger partial charge is 0.310 e. The van der Waals surface area contributed by atoms with Gasteiger partial charge in [-0.15, -0.1) is 0 Å². The maximum absolute atomic E-state index is 13.3. The molecule has 112 valence electrons. The van der Waals surface area contributed by atoms with Gasteiger partial charge in [0.25, 0.3) is 0 Å². The Bertz CT molecular complexity index is 630. The van der Waals surface area contributed by atoms with Crippen LogP contribution in [0.5, 0.6) is 0 Å². The van der Waals surface area contributed by atoms with Gasteiger partial charge in [0.15, 0.2) is 0 Å². The van der Waals surface area contributed by atoms with Gasteiger partial charge < -0.3 is 5.32 Å². The highest BCUT2D eigenvalue weighted by Crippen LogP contribution is 2.28. The predicted octanol–water partition coefficient (Wildman–Crippen LogP) is 5.44. The molecule has 0 aliphatic rings. The lowest BCUT2D eigenvalue weighted by Crippen LogP contribution is -2.23. The van der Waals surface area contributed by atoms with E-state index >= 15 is 0 Å². The van der Waals surface area contributed by atoms with Crippen molar-refractivity contribution in [2.24, 2.45) is 0 Å². The van der Waals surface area contributed by atoms with Gasteiger partial charge in [-0.3, -0.25) is 0 Å². The molecule has 1 N–H and O–H groups in total. The predicted molar refractivity (Wildman–Crippen MR) is 90.4 cm³/mol. The highest BCUT2D eigenvalue weighted by Gasteiger charge is 2.15. The normalized spacial score (nSPS) is 12.4. The zero-order chi connectivity index (χ0) is 15.4. The van der Waals surface area contributed by atoms with E-state index in [1.165, 1.54) is 17.2 Å². The maximum Gasteiger partial charge on any atom is 0.141 e. The Balaban J connectivity index is 2.30. The van der Waals surface area contributed by atoms with Crippen molar-refractivity contribution in [3.8, 4) is 0 Å². The highest BCUT2D eigenvalue weighted by atomic mass is 79.9. The van der Waals surface area contributed by atoms with Crippen LogP contribution in [0.1, 0.15) is 29.7 Å². The smallest absolute Gasteiger partial charge is 0.141 e. The number of hydrogen-bond donors (Lipinski definition) is 1. The molecule has 2 aromatic carbocycles. The van der Waals surface area contributed by atoms with Crippen LogP contribution >= 0.6 is 27.5 Å². The van der Waals surface area contributed by atoms with Crippen molar-refractivity contribution in [3.63, 3.8) is 0 Å². The van der Waals surface area contributed by atoms with E-state index in [9.17, 15) is 4.39 Å². The number of halogens is 3. The van der Waals surface area contributed by atoms with Crippen molar-refractivity contribution in [3.05, 3.63) is 68.4 Å². The summed E-state index contributed by atoms with van der Waals surface area (Å²) in [7, 11) is 0. The lowest BCUT2D eigenvalue weighted by Gasteiger charge is -2.20. The Hall–Kier alpha value is -0.900. The van der Waals surface area contributed by atoms with Gasteiger partial charge in [-0.2, -0.15) is 0 Å². The maximum atomic E-state index is 13.3. The van der Waals surface area contributed by atoms with Crippen LogP contribution < -0.4 is 5.32 Å². The first-order valence-corrected chi connectivity index (χ1v) is 8.11. The van der Waals surface area contributed by atoms with Gasteiger partial charge in [0.05, 0.1) is 5.02 Å². The first kappa shape index (κ1) is 16.5. The third kappa shape index (κ3) is 4.29. The summed E-state index contributed by atoms with van der Waals surface area (Å²) in [6.45, 7) is 5.02. The molecule has 2 rings (SSSR count). The number of benzene rings is 2. The van der Waals surface area contributed by atoms with Crippen molar-refractivity contribution in [2.45, 2.75) is 26.3 Å². The monoisotopic (exact) mass is 369 g/mol. The molecule has 2 aromatic rings. The van der Waals surface area contributed by atoms with Crippen LogP contribution in [0.25, 0.3) is 0 Å². The molecule has 1 atom stereocenters. The van der Waals surface area contributed by atoms with E-state index in [0.29, 0.717) is 0 Å². The molecule has 0 aliphatic heterocycles. The molecule has 0 aromatic heterocycles. The van der Waals surface area contributed by atoms with Crippen LogP contribution in [-0.4, -0.2) is 6.54 Å². The molecule has 0 heterocycles. The molecule has 1 unspecified atom stereocenters. The van der Waals surface area contributed by atoms with Crippen LogP contribution in [-0.2, 0) is 6.42 Å². The summed E-state index contributed by atoms with van der Waals surface area (Å²) >= 11 is 9.49. The van der Waals surface area contributed by atoms with Crippen LogP contribution in [0.3, 0.4) is 0 Å². The van der Waals surface area contributed by atoms with Crippen LogP contribution in [0.2, 0.25) is 5.02 Å². The SMILES string of the molecule is CCNC(Cc1ccc(F)c(Cl)c1)c1cc(C)ccc1Br. The number of rotatable bonds is 5. The molecule has 0 saturated heterocycles. The summed E-state index contributed by atoms with van der Waals surface area (Å²) < 4.78 is 14.3. The standard InChI is InChI=1S/C17H18BrClFN/c1-3-21-17(13-8-11(2)4-6-14(13)18)10-12-5-7-16(20)15(19)9-12/h4-9,17,21H,3,10H2,1-2H3. The number of hydrogen-bond acceptors (Lipinski definition) is 1. The van der Waals surface area contributed by atoms with Crippen molar-refractivity contribution >= 4 is 27.5 Å². The van der Waals surface area contributed by atoms with Gasteiger partial charge in [0.2, 0.25) is 0 Å². The first-order chi connectivity index (χ1) is 10.0. The Kier molecular flexibility index (Phi) is 5.80. The molecular weight excluding hydrogens is 353 g/mol. The van der Waals surface area contributed by atoms with Crippen LogP contribution in [0, 0.1) is 12.7 Å². The van der Waals surface area contributed by atoms with Gasteiger partial charge in [-0.05, 0) is 49.2 Å². The van der Waals surface area contributed by atoms with Gasteiger partial charge in [-0.1, -0.05) is 58.2 Å². The fraction of sp³-hybridized carbons (Fsp3) is 0.294. The second-order valence-electron chi connectivity index (χ2n) is 5.09. The third-order valence-electron chi connectivity index (χ3n) is 3.40. The number of nitrogens with one attached hydrogen (secondary N) is 1. The molecule has 0 fully saturated rings. The average Bonchev–Trinajstić information content (AvgIpc) is 2.45. The van der Waals surface area contributed by atoms with E-state index in [1.807, 2.05) is 0 Å². The minimum Gasteiger partial charge on any atom is -0.310 e. The van der Waals surface area contributed by atoms with Gasteiger partial charge in [0, 0.05) is 10.5 Å². The zero-order valence-electron chi connectivity index (χ0n) is 12.1. The minimum atomic E-state index is -0.378. The molecule has 0 bridgehead atoms. The van der Waals surface area contributed by atoms with E-state index in [0.717, 1.165) is 23.0 Å². The Labute approximate surface area is 138 Å². The van der Waals surface area contributed by atoms with Gasteiger partial charge >= 0.3 is 0 Å². The fourth-order valence-corrected chi connectivity index (χ4v) is 3.10. The Morgan fingerprint density at radius 3 is 2.67 bits per heavy atom. The molecule has 21 heavy (non-hydrogen) atoms. The van der Waals surface area contributed by atoms with E-state index in [-0.39, 0.29) is 16.9 Å². The van der Waals surface area contributed by atoms with Gasteiger partial charge in [-0.25, -0.2) is 4.39 Å². The van der Waals surface area contributed by atoms with E-state index < -0.39 is 0 Å². The number of aryl methyl sites for hydroxylation is 1. The Morgan fingerprint density at radius 2 is 2.00 bits per heavy atom. The van der Waals surface area contributed by atoms with Crippen molar-refractivity contribution in [2.75, 3.05) is 6.54 Å². The fourth-order valence-electron chi connectivity index (χ4n) is 2.37. The molecular formula is C17H18BrClFN. The first-order valence-electron chi connectivity index (χ1n) is 6.94. The summed E-state index contributed by atoms with van der Waals surface area (Å²) in [6.07, 6.45) is 0.760. The summed E-state index contributed by atoms with van der Waals surface area (Å²) in [6, 6.07) is 11.4. The van der Waals surface area contributed by atoms with Crippen molar-refractivity contribution in [1.82, 2.24) is 5.32 Å². The quantitative estimate of drug-likeness (QED) is 0.738. The van der Waals surface area contributed by atoms with E-state index in [1.54, 1.807) is 12.1 Å². The average molecular weight is 371 g/mol. The third-order valence-corrected chi connectivity index (χ3v) is 4.41. The molecule has 0 radical (unpaired) electrons. The molecule has 4 heteroatoms. The van der Waals surface area contributed by atoms with E-state index in [2.05, 4.69) is 53.3 Å². The minimum absolute atomic E-state index is 0.158. The molecule has 1 nitrogen and oxygen atoms in total.